The summed E-state index contributed by atoms with van der Waals surface area (Å²) in [7, 11) is 1.17. The van der Waals surface area contributed by atoms with Gasteiger partial charge in [0.25, 0.3) is 0 Å². The lowest BCUT2D eigenvalue weighted by atomic mass is 9.81. The molecule has 1 fully saturated rings. The highest BCUT2D eigenvalue weighted by Gasteiger charge is 2.56. The lowest BCUT2D eigenvalue weighted by Crippen LogP contribution is -2.50. The predicted octanol–water partition coefficient (Wildman–Crippen LogP) is 1.76. The van der Waals surface area contributed by atoms with E-state index < -0.39 is 46.0 Å². The van der Waals surface area contributed by atoms with Crippen molar-refractivity contribution in [2.45, 2.75) is 64.6 Å². The van der Waals surface area contributed by atoms with Crippen LogP contribution in [-0.2, 0) is 19.1 Å². The van der Waals surface area contributed by atoms with Crippen molar-refractivity contribution in [3.63, 3.8) is 0 Å². The smallest absolute Gasteiger partial charge is 0.417 e. The van der Waals surface area contributed by atoms with Gasteiger partial charge in [-0.25, -0.2) is 9.69 Å². The van der Waals surface area contributed by atoms with Crippen LogP contribution in [0, 0.1) is 16.0 Å². The monoisotopic (exact) mass is 344 g/mol. The summed E-state index contributed by atoms with van der Waals surface area (Å²) < 4.78 is 9.80. The number of nitro groups is 1. The summed E-state index contributed by atoms with van der Waals surface area (Å²) in [6.45, 7) is 7.65. The van der Waals surface area contributed by atoms with Gasteiger partial charge in [-0.15, -0.1) is 0 Å². The number of nitrogens with zero attached hydrogens (tertiary/aromatic N) is 2. The van der Waals surface area contributed by atoms with Gasteiger partial charge in [0.1, 0.15) is 5.60 Å². The standard InChI is InChI=1S/C15H24N2O7/c1-14(2,3)24-13(20)16-10(8-12(19)23-6)9(7-11(16)18)15(4,5)17(21)22/h9-10H,7-8H2,1-6H3/t9-,10+/m1/s1. The average molecular weight is 344 g/mol. The van der Waals surface area contributed by atoms with Crippen LogP contribution in [-0.4, -0.2) is 52.1 Å². The van der Waals surface area contributed by atoms with Gasteiger partial charge in [-0.1, -0.05) is 0 Å². The normalized spacial score (nSPS) is 21.6. The van der Waals surface area contributed by atoms with Crippen LogP contribution in [0.1, 0.15) is 47.5 Å². The first-order chi connectivity index (χ1) is 10.8. The highest BCUT2D eigenvalue weighted by molar-refractivity contribution is 5.95. The maximum Gasteiger partial charge on any atom is 0.417 e. The Morgan fingerprint density at radius 2 is 1.83 bits per heavy atom. The van der Waals surface area contributed by atoms with E-state index in [9.17, 15) is 24.5 Å². The summed E-state index contributed by atoms with van der Waals surface area (Å²) in [6, 6.07) is -0.986. The second-order valence-corrected chi connectivity index (χ2v) is 7.31. The molecule has 0 N–H and O–H groups in total. The Bertz CT molecular complexity index is 551. The molecule has 0 aliphatic carbocycles. The van der Waals surface area contributed by atoms with Crippen molar-refractivity contribution in [1.29, 1.82) is 0 Å². The van der Waals surface area contributed by atoms with E-state index in [4.69, 9.17) is 4.74 Å². The molecule has 0 bridgehead atoms. The molecule has 1 saturated heterocycles. The summed E-state index contributed by atoms with van der Waals surface area (Å²) in [6.07, 6.45) is -1.44. The molecule has 2 amide bonds. The summed E-state index contributed by atoms with van der Waals surface area (Å²) >= 11 is 0. The number of methoxy groups -OCH3 is 1. The van der Waals surface area contributed by atoms with Crippen molar-refractivity contribution >= 4 is 18.0 Å². The van der Waals surface area contributed by atoms with Crippen molar-refractivity contribution in [2.75, 3.05) is 7.11 Å². The van der Waals surface area contributed by atoms with E-state index in [-0.39, 0.29) is 12.8 Å². The van der Waals surface area contributed by atoms with Crippen LogP contribution in [0.5, 0.6) is 0 Å². The van der Waals surface area contributed by atoms with E-state index in [1.54, 1.807) is 20.8 Å². The predicted molar refractivity (Wildman–Crippen MR) is 82.7 cm³/mol. The Labute approximate surface area is 140 Å². The number of hydrogen-bond donors (Lipinski definition) is 0. The van der Waals surface area contributed by atoms with E-state index in [0.717, 1.165) is 4.90 Å². The van der Waals surface area contributed by atoms with Crippen molar-refractivity contribution < 1.29 is 28.8 Å². The number of hydrogen-bond acceptors (Lipinski definition) is 7. The van der Waals surface area contributed by atoms with Gasteiger partial charge in [0, 0.05) is 25.2 Å². The minimum absolute atomic E-state index is 0.213. The van der Waals surface area contributed by atoms with Crippen molar-refractivity contribution in [1.82, 2.24) is 4.90 Å². The summed E-state index contributed by atoms with van der Waals surface area (Å²) in [5.74, 6) is -2.09. The van der Waals surface area contributed by atoms with Crippen LogP contribution in [0.15, 0.2) is 0 Å². The molecule has 9 heteroatoms. The van der Waals surface area contributed by atoms with Crippen molar-refractivity contribution in [2.24, 2.45) is 5.92 Å². The van der Waals surface area contributed by atoms with Crippen LogP contribution in [0.4, 0.5) is 4.79 Å². The third-order valence-electron chi connectivity index (χ3n) is 4.03. The second kappa shape index (κ2) is 6.74. The topological polar surface area (TPSA) is 116 Å². The number of ether oxygens (including phenoxy) is 2. The largest absolute Gasteiger partial charge is 0.469 e. The number of likely N-dealkylation sites (tertiary alicyclic amines) is 1. The Balaban J connectivity index is 3.21. The lowest BCUT2D eigenvalue weighted by molar-refractivity contribution is -0.571. The molecule has 0 saturated carbocycles. The minimum Gasteiger partial charge on any atom is -0.469 e. The van der Waals surface area contributed by atoms with Crippen LogP contribution >= 0.6 is 0 Å². The number of amides is 2. The van der Waals surface area contributed by atoms with E-state index in [1.807, 2.05) is 0 Å². The highest BCUT2D eigenvalue weighted by Crippen LogP contribution is 2.38. The first-order valence-corrected chi connectivity index (χ1v) is 7.57. The highest BCUT2D eigenvalue weighted by atomic mass is 16.6. The SMILES string of the molecule is COC(=O)C[C@H]1[C@H](C(C)(C)[N+](=O)[O-])CC(=O)N1C(=O)OC(C)(C)C. The summed E-state index contributed by atoms with van der Waals surface area (Å²) in [4.78, 5) is 48.0. The summed E-state index contributed by atoms with van der Waals surface area (Å²) in [5.41, 5.74) is -2.34. The number of rotatable bonds is 4. The van der Waals surface area contributed by atoms with Gasteiger partial charge in [-0.3, -0.25) is 19.7 Å². The Kier molecular flexibility index (Phi) is 5.58. The fraction of sp³-hybridized carbons (Fsp3) is 0.800. The molecule has 1 aliphatic heterocycles. The molecule has 0 aromatic heterocycles. The van der Waals surface area contributed by atoms with Gasteiger partial charge in [0.2, 0.25) is 11.4 Å². The quantitative estimate of drug-likeness (QED) is 0.433. The molecule has 2 atom stereocenters. The van der Waals surface area contributed by atoms with E-state index in [1.165, 1.54) is 21.0 Å². The minimum atomic E-state index is -1.49. The third kappa shape index (κ3) is 4.21. The van der Waals surface area contributed by atoms with Gasteiger partial charge in [0.05, 0.1) is 25.5 Å². The number of carbonyl (C=O) groups is 3. The Morgan fingerprint density at radius 1 is 1.29 bits per heavy atom. The van der Waals surface area contributed by atoms with Crippen LogP contribution < -0.4 is 0 Å². The third-order valence-corrected chi connectivity index (χ3v) is 4.03. The molecule has 136 valence electrons. The zero-order valence-corrected chi connectivity index (χ0v) is 14.8. The maximum atomic E-state index is 12.4. The average Bonchev–Trinajstić information content (AvgIpc) is 2.73. The molecule has 0 radical (unpaired) electrons. The van der Waals surface area contributed by atoms with Gasteiger partial charge in [0.15, 0.2) is 0 Å². The lowest BCUT2D eigenvalue weighted by Gasteiger charge is -2.31. The molecule has 0 aromatic carbocycles. The zero-order chi connectivity index (χ0) is 18.9. The van der Waals surface area contributed by atoms with Crippen LogP contribution in [0.25, 0.3) is 0 Å². The molecule has 24 heavy (non-hydrogen) atoms. The summed E-state index contributed by atoms with van der Waals surface area (Å²) in [5, 5.41) is 11.4. The molecule has 1 aliphatic rings. The van der Waals surface area contributed by atoms with Crippen LogP contribution in [0.3, 0.4) is 0 Å². The number of carbonyl (C=O) groups excluding carboxylic acids is 3. The molecule has 0 aromatic rings. The van der Waals surface area contributed by atoms with E-state index >= 15 is 0 Å². The van der Waals surface area contributed by atoms with E-state index in [2.05, 4.69) is 4.74 Å². The second-order valence-electron chi connectivity index (χ2n) is 7.31. The fourth-order valence-corrected chi connectivity index (χ4v) is 2.68. The first kappa shape index (κ1) is 19.9. The van der Waals surface area contributed by atoms with Crippen molar-refractivity contribution in [3.05, 3.63) is 10.1 Å². The molecular formula is C15H24N2O7. The Hall–Kier alpha value is -2.19. The maximum absolute atomic E-state index is 12.4. The first-order valence-electron chi connectivity index (χ1n) is 7.57. The molecule has 1 heterocycles. The number of imide groups is 1. The molecular weight excluding hydrogens is 320 g/mol. The van der Waals surface area contributed by atoms with Gasteiger partial charge >= 0.3 is 12.1 Å². The van der Waals surface area contributed by atoms with Gasteiger partial charge < -0.3 is 9.47 Å². The van der Waals surface area contributed by atoms with Crippen LogP contribution in [0.2, 0.25) is 0 Å². The molecule has 9 nitrogen and oxygen atoms in total. The number of esters is 1. The molecule has 1 rings (SSSR count). The zero-order valence-electron chi connectivity index (χ0n) is 14.8. The molecule has 0 spiro atoms. The Morgan fingerprint density at radius 3 is 2.25 bits per heavy atom. The fourth-order valence-electron chi connectivity index (χ4n) is 2.68. The van der Waals surface area contributed by atoms with Gasteiger partial charge in [-0.2, -0.15) is 0 Å². The van der Waals surface area contributed by atoms with Crippen molar-refractivity contribution in [3.8, 4) is 0 Å². The molecule has 0 unspecified atom stereocenters. The van der Waals surface area contributed by atoms with E-state index in [0.29, 0.717) is 0 Å². The van der Waals surface area contributed by atoms with Gasteiger partial charge in [-0.05, 0) is 20.8 Å².